The number of carbonyl (C=O) groups is 2. The summed E-state index contributed by atoms with van der Waals surface area (Å²) in [7, 11) is 0. The molecule has 5 nitrogen and oxygen atoms in total. The van der Waals surface area contributed by atoms with Gasteiger partial charge >= 0.3 is 5.97 Å². The number of esters is 1. The molecule has 2 heterocycles. The molecule has 3 rings (SSSR count). The van der Waals surface area contributed by atoms with E-state index in [1.165, 1.54) is 0 Å². The Bertz CT molecular complexity index is 942. The number of anilines is 1. The van der Waals surface area contributed by atoms with Gasteiger partial charge in [0, 0.05) is 21.8 Å². The molecule has 134 valence electrons. The van der Waals surface area contributed by atoms with Crippen molar-refractivity contribution < 1.29 is 14.3 Å². The topological polar surface area (TPSA) is 71.2 Å². The zero-order valence-corrected chi connectivity index (χ0v) is 15.7. The summed E-state index contributed by atoms with van der Waals surface area (Å²) in [5.74, 6) is -0.707. The van der Waals surface area contributed by atoms with E-state index in [0.29, 0.717) is 29.1 Å². The third-order valence-electron chi connectivity index (χ3n) is 4.11. The van der Waals surface area contributed by atoms with Crippen molar-refractivity contribution in [2.24, 2.45) is 0 Å². The lowest BCUT2D eigenvalue weighted by Gasteiger charge is -2.10. The number of ether oxygens (including phenoxy) is 1. The van der Waals surface area contributed by atoms with Gasteiger partial charge in [-0.05, 0) is 43.8 Å². The molecule has 2 N–H and O–H groups in total. The van der Waals surface area contributed by atoms with Gasteiger partial charge in [-0.25, -0.2) is 4.79 Å². The van der Waals surface area contributed by atoms with Crippen LogP contribution in [0.4, 0.5) is 5.69 Å². The van der Waals surface area contributed by atoms with Crippen LogP contribution in [0.25, 0.3) is 10.4 Å². The average Bonchev–Trinajstić information content (AvgIpc) is 3.24. The Balaban J connectivity index is 1.91. The van der Waals surface area contributed by atoms with Gasteiger partial charge < -0.3 is 15.0 Å². The number of rotatable bonds is 5. The highest BCUT2D eigenvalue weighted by atomic mass is 32.1. The van der Waals surface area contributed by atoms with Gasteiger partial charge in [0.2, 0.25) is 0 Å². The van der Waals surface area contributed by atoms with E-state index in [9.17, 15) is 9.59 Å². The number of para-hydroxylation sites is 1. The lowest BCUT2D eigenvalue weighted by Crippen LogP contribution is -2.14. The van der Waals surface area contributed by atoms with E-state index in [2.05, 4.69) is 10.3 Å². The SMILES string of the molecule is CCOC(=O)c1c(C)[nH]c(C(=O)Nc2ccccc2-c2cccs2)c1C. The molecule has 0 unspecified atom stereocenters. The Hall–Kier alpha value is -2.86. The molecule has 0 aliphatic rings. The maximum Gasteiger partial charge on any atom is 0.340 e. The summed E-state index contributed by atoms with van der Waals surface area (Å²) in [5, 5.41) is 4.95. The maximum atomic E-state index is 12.8. The first kappa shape index (κ1) is 17.9. The van der Waals surface area contributed by atoms with Gasteiger partial charge in [0.15, 0.2) is 0 Å². The van der Waals surface area contributed by atoms with Gasteiger partial charge in [-0.2, -0.15) is 0 Å². The summed E-state index contributed by atoms with van der Waals surface area (Å²) in [6.45, 7) is 5.55. The van der Waals surface area contributed by atoms with Crippen LogP contribution in [-0.2, 0) is 4.74 Å². The monoisotopic (exact) mass is 368 g/mol. The number of benzene rings is 1. The molecule has 0 radical (unpaired) electrons. The second-order valence-electron chi connectivity index (χ2n) is 5.82. The number of hydrogen-bond donors (Lipinski definition) is 2. The van der Waals surface area contributed by atoms with Crippen LogP contribution in [0.5, 0.6) is 0 Å². The summed E-state index contributed by atoms with van der Waals surface area (Å²) in [4.78, 5) is 29.0. The van der Waals surface area contributed by atoms with Crippen LogP contribution in [0, 0.1) is 13.8 Å². The molecule has 0 saturated heterocycles. The van der Waals surface area contributed by atoms with E-state index < -0.39 is 5.97 Å². The molecule has 0 aliphatic heterocycles. The summed E-state index contributed by atoms with van der Waals surface area (Å²) >= 11 is 1.61. The quantitative estimate of drug-likeness (QED) is 0.636. The largest absolute Gasteiger partial charge is 0.462 e. The van der Waals surface area contributed by atoms with Gasteiger partial charge in [0.25, 0.3) is 5.91 Å². The van der Waals surface area contributed by atoms with Crippen molar-refractivity contribution >= 4 is 28.9 Å². The Morgan fingerprint density at radius 3 is 2.62 bits per heavy atom. The fourth-order valence-electron chi connectivity index (χ4n) is 2.91. The van der Waals surface area contributed by atoms with E-state index >= 15 is 0 Å². The summed E-state index contributed by atoms with van der Waals surface area (Å²) in [6.07, 6.45) is 0. The predicted octanol–water partition coefficient (Wildman–Crippen LogP) is 4.79. The lowest BCUT2D eigenvalue weighted by atomic mass is 10.1. The van der Waals surface area contributed by atoms with Gasteiger partial charge in [-0.15, -0.1) is 11.3 Å². The number of nitrogens with one attached hydrogen (secondary N) is 2. The maximum absolute atomic E-state index is 12.8. The highest BCUT2D eigenvalue weighted by Crippen LogP contribution is 2.32. The smallest absolute Gasteiger partial charge is 0.340 e. The van der Waals surface area contributed by atoms with Crippen LogP contribution in [0.1, 0.15) is 39.0 Å². The van der Waals surface area contributed by atoms with Crippen LogP contribution in [0.2, 0.25) is 0 Å². The number of carbonyl (C=O) groups excluding carboxylic acids is 2. The third-order valence-corrected chi connectivity index (χ3v) is 5.01. The molecular weight excluding hydrogens is 348 g/mol. The summed E-state index contributed by atoms with van der Waals surface area (Å²) in [5.41, 5.74) is 3.69. The summed E-state index contributed by atoms with van der Waals surface area (Å²) in [6, 6.07) is 11.6. The molecule has 0 atom stereocenters. The zero-order chi connectivity index (χ0) is 18.7. The molecular formula is C20H20N2O3S. The third kappa shape index (κ3) is 3.41. The highest BCUT2D eigenvalue weighted by molar-refractivity contribution is 7.13. The Kier molecular flexibility index (Phi) is 5.23. The fraction of sp³-hybridized carbons (Fsp3) is 0.200. The molecule has 1 aromatic carbocycles. The molecule has 0 spiro atoms. The Morgan fingerprint density at radius 2 is 1.92 bits per heavy atom. The first-order chi connectivity index (χ1) is 12.5. The summed E-state index contributed by atoms with van der Waals surface area (Å²) < 4.78 is 5.08. The van der Waals surface area contributed by atoms with Crippen molar-refractivity contribution in [1.82, 2.24) is 4.98 Å². The Labute approximate surface area is 156 Å². The second kappa shape index (κ2) is 7.58. The van der Waals surface area contributed by atoms with E-state index in [4.69, 9.17) is 4.74 Å². The molecule has 0 saturated carbocycles. The van der Waals surface area contributed by atoms with Crippen molar-refractivity contribution in [3.05, 3.63) is 64.3 Å². The van der Waals surface area contributed by atoms with Crippen LogP contribution in [0.15, 0.2) is 41.8 Å². The molecule has 2 aromatic heterocycles. The van der Waals surface area contributed by atoms with Crippen molar-refractivity contribution in [2.45, 2.75) is 20.8 Å². The number of aromatic nitrogens is 1. The fourth-order valence-corrected chi connectivity index (χ4v) is 3.68. The molecule has 0 bridgehead atoms. The number of aromatic amines is 1. The second-order valence-corrected chi connectivity index (χ2v) is 6.77. The van der Waals surface area contributed by atoms with Crippen molar-refractivity contribution in [3.8, 4) is 10.4 Å². The van der Waals surface area contributed by atoms with E-state index in [-0.39, 0.29) is 5.91 Å². The van der Waals surface area contributed by atoms with Crippen molar-refractivity contribution in [2.75, 3.05) is 11.9 Å². The minimum absolute atomic E-state index is 0.287. The first-order valence-electron chi connectivity index (χ1n) is 8.33. The minimum Gasteiger partial charge on any atom is -0.462 e. The van der Waals surface area contributed by atoms with Crippen molar-refractivity contribution in [3.63, 3.8) is 0 Å². The molecule has 6 heteroatoms. The van der Waals surface area contributed by atoms with E-state index in [0.717, 1.165) is 16.1 Å². The van der Waals surface area contributed by atoms with Crippen LogP contribution in [0.3, 0.4) is 0 Å². The van der Waals surface area contributed by atoms with Gasteiger partial charge in [-0.1, -0.05) is 24.3 Å². The predicted molar refractivity (Wildman–Crippen MR) is 104 cm³/mol. The molecule has 26 heavy (non-hydrogen) atoms. The molecule has 3 aromatic rings. The van der Waals surface area contributed by atoms with Crippen LogP contribution >= 0.6 is 11.3 Å². The number of thiophene rings is 1. The minimum atomic E-state index is -0.420. The zero-order valence-electron chi connectivity index (χ0n) is 14.9. The first-order valence-corrected chi connectivity index (χ1v) is 9.21. The van der Waals surface area contributed by atoms with Crippen LogP contribution in [-0.4, -0.2) is 23.5 Å². The van der Waals surface area contributed by atoms with E-state index in [1.54, 1.807) is 32.1 Å². The van der Waals surface area contributed by atoms with E-state index in [1.807, 2.05) is 41.8 Å². The molecule has 0 fully saturated rings. The van der Waals surface area contributed by atoms with Gasteiger partial charge in [-0.3, -0.25) is 4.79 Å². The van der Waals surface area contributed by atoms with Crippen LogP contribution < -0.4 is 5.32 Å². The number of hydrogen-bond acceptors (Lipinski definition) is 4. The Morgan fingerprint density at radius 1 is 1.15 bits per heavy atom. The standard InChI is InChI=1S/C20H20N2O3S/c1-4-25-20(24)17-12(2)18(21-13(17)3)19(23)22-15-9-6-5-8-14(15)16-10-7-11-26-16/h5-11,21H,4H2,1-3H3,(H,22,23). The normalized spacial score (nSPS) is 10.6. The lowest BCUT2D eigenvalue weighted by molar-refractivity contribution is 0.0525. The number of aryl methyl sites for hydroxylation is 1. The number of H-pyrrole nitrogens is 1. The molecule has 0 aliphatic carbocycles. The van der Waals surface area contributed by atoms with Crippen molar-refractivity contribution in [1.29, 1.82) is 0 Å². The highest BCUT2D eigenvalue weighted by Gasteiger charge is 2.23. The number of amides is 1. The van der Waals surface area contributed by atoms with Gasteiger partial charge in [0.1, 0.15) is 5.69 Å². The molecule has 1 amide bonds. The average molecular weight is 368 g/mol. The van der Waals surface area contributed by atoms with Gasteiger partial charge in [0.05, 0.1) is 12.2 Å².